The van der Waals surface area contributed by atoms with Gasteiger partial charge in [-0.15, -0.1) is 5.10 Å². The molecule has 1 aromatic carbocycles. The Morgan fingerprint density at radius 3 is 2.24 bits per heavy atom. The molecule has 19 atom stereocenters. The minimum absolute atomic E-state index is 0.0759. The van der Waals surface area contributed by atoms with Crippen LogP contribution >= 0.6 is 0 Å². The minimum atomic E-state index is -3.95. The maximum Gasteiger partial charge on any atom is 0.311 e. The molecule has 3 aliphatic rings. The highest BCUT2D eigenvalue weighted by molar-refractivity contribution is 7.92. The molecule has 0 bridgehead atoms. The van der Waals surface area contributed by atoms with E-state index in [1.54, 1.807) is 47.7 Å². The number of esters is 1. The van der Waals surface area contributed by atoms with Gasteiger partial charge in [0.15, 0.2) is 22.4 Å². The van der Waals surface area contributed by atoms with Gasteiger partial charge < -0.3 is 69.1 Å². The second kappa shape index (κ2) is 26.3. The van der Waals surface area contributed by atoms with Gasteiger partial charge in [-0.25, -0.2) is 17.5 Å². The van der Waals surface area contributed by atoms with E-state index in [9.17, 15) is 42.8 Å². The van der Waals surface area contributed by atoms with Crippen LogP contribution in [-0.4, -0.2) is 204 Å². The Morgan fingerprint density at radius 1 is 0.987 bits per heavy atom. The van der Waals surface area contributed by atoms with E-state index in [0.717, 1.165) is 0 Å². The first-order valence-electron chi connectivity index (χ1n) is 26.6. The number of carbonyl (C=O) groups is 2. The Balaban J connectivity index is 1.40. The van der Waals surface area contributed by atoms with Gasteiger partial charge in [0.1, 0.15) is 48.5 Å². The maximum atomic E-state index is 14.8. The highest BCUT2D eigenvalue weighted by Gasteiger charge is 2.52. The highest BCUT2D eigenvalue weighted by Crippen LogP contribution is 2.41. The lowest BCUT2D eigenvalue weighted by Crippen LogP contribution is -2.59. The van der Waals surface area contributed by atoms with Crippen molar-refractivity contribution in [1.82, 2.24) is 24.8 Å². The number of aliphatic hydroxyl groups excluding tert-OH is 2. The Kier molecular flexibility index (Phi) is 22.0. The van der Waals surface area contributed by atoms with Gasteiger partial charge in [0, 0.05) is 70.8 Å². The molecule has 1 amide bonds. The molecule has 6 N–H and O–H groups in total. The number of alkyl halides is 1. The second-order valence-electron chi connectivity index (χ2n) is 22.7. The van der Waals surface area contributed by atoms with Crippen LogP contribution in [0.5, 0.6) is 0 Å². The molecule has 0 unspecified atom stereocenters. The van der Waals surface area contributed by atoms with E-state index in [0.29, 0.717) is 43.6 Å². The standard InChI is InChI=1S/C53H89FN6O15S/c1-15-41-53(10,66)47(62)34(6)59(12)27-30(2)24-51(8,65)49(32(4)45(33(5)50(64)73-41)74-44-25-52(9,70-14)48(63)35(7)72-44)75-43-23-38(22-31(3)71-43)58(11)21-20-37-28-60(57-56-37)40(26-54)46(69-13)36-16-18-39(19-17-36)76(67,68)29-42(55)61/h16-19,28,30-35,38,40-41,43-49,62-63,65-66H,15,20-27,29H2,1-14H3,(H2,55,61)/t30-,31-,32+,33-,34-,35+,38+,40-,41-,43+,44+,45+,46-,47-,48+,49-,51-,52-,53-/m1/s1. The van der Waals surface area contributed by atoms with Crippen LogP contribution in [0.4, 0.5) is 4.39 Å². The molecule has 0 saturated carbocycles. The number of likely N-dealkylation sites (N-methyl/N-ethyl adjacent to an activating group) is 2. The summed E-state index contributed by atoms with van der Waals surface area (Å²) >= 11 is 0. The fourth-order valence-electron chi connectivity index (χ4n) is 11.6. The van der Waals surface area contributed by atoms with Crippen LogP contribution in [0.2, 0.25) is 0 Å². The zero-order valence-electron chi connectivity index (χ0n) is 47.1. The van der Waals surface area contributed by atoms with Gasteiger partial charge in [-0.2, -0.15) is 0 Å². The number of amides is 1. The first-order valence-corrected chi connectivity index (χ1v) is 28.3. The topological polar surface area (TPSA) is 277 Å². The molecule has 434 valence electrons. The third-order valence-corrected chi connectivity index (χ3v) is 18.0. The van der Waals surface area contributed by atoms with Crippen molar-refractivity contribution in [2.24, 2.45) is 23.5 Å². The van der Waals surface area contributed by atoms with Crippen molar-refractivity contribution in [3.8, 4) is 0 Å². The van der Waals surface area contributed by atoms with E-state index >= 15 is 0 Å². The van der Waals surface area contributed by atoms with Crippen molar-refractivity contribution >= 4 is 21.7 Å². The molecular formula is C53H89FN6O15S. The second-order valence-corrected chi connectivity index (χ2v) is 24.7. The summed E-state index contributed by atoms with van der Waals surface area (Å²) in [6.07, 6.45) is -5.49. The zero-order chi connectivity index (χ0) is 56.8. The van der Waals surface area contributed by atoms with Crippen LogP contribution in [0.3, 0.4) is 0 Å². The lowest BCUT2D eigenvalue weighted by Gasteiger charge is -2.48. The number of sulfone groups is 1. The van der Waals surface area contributed by atoms with E-state index in [4.69, 9.17) is 38.9 Å². The summed E-state index contributed by atoms with van der Waals surface area (Å²) in [5.74, 6) is -4.51. The van der Waals surface area contributed by atoms with Gasteiger partial charge in [0.05, 0.1) is 52.1 Å². The number of halogens is 1. The van der Waals surface area contributed by atoms with Crippen LogP contribution in [0, 0.1) is 17.8 Å². The van der Waals surface area contributed by atoms with Crippen molar-refractivity contribution in [2.75, 3.05) is 53.8 Å². The monoisotopic (exact) mass is 1100 g/mol. The average Bonchev–Trinajstić information content (AvgIpc) is 3.83. The third-order valence-electron chi connectivity index (χ3n) is 16.3. The Bertz CT molecular complexity index is 2300. The molecule has 3 saturated heterocycles. The number of rotatable bonds is 18. The zero-order valence-corrected chi connectivity index (χ0v) is 47.9. The summed E-state index contributed by atoms with van der Waals surface area (Å²) < 4.78 is 85.6. The van der Waals surface area contributed by atoms with Crippen molar-refractivity contribution in [1.29, 1.82) is 0 Å². The van der Waals surface area contributed by atoms with Gasteiger partial charge in [-0.3, -0.25) is 9.59 Å². The molecule has 4 heterocycles. The number of methoxy groups -OCH3 is 2. The number of aliphatic hydroxyl groups is 4. The van der Waals surface area contributed by atoms with Gasteiger partial charge >= 0.3 is 5.97 Å². The first-order chi connectivity index (χ1) is 35.4. The van der Waals surface area contributed by atoms with E-state index in [2.05, 4.69) is 15.2 Å². The van der Waals surface area contributed by atoms with Crippen molar-refractivity contribution in [3.05, 3.63) is 41.7 Å². The van der Waals surface area contributed by atoms with Gasteiger partial charge in [0.2, 0.25) is 5.91 Å². The molecule has 3 fully saturated rings. The van der Waals surface area contributed by atoms with E-state index in [-0.39, 0.29) is 42.2 Å². The predicted octanol–water partition coefficient (Wildman–Crippen LogP) is 3.29. The fourth-order valence-corrected chi connectivity index (χ4v) is 12.7. The largest absolute Gasteiger partial charge is 0.459 e. The van der Waals surface area contributed by atoms with Crippen LogP contribution < -0.4 is 5.73 Å². The lowest BCUT2D eigenvalue weighted by atomic mass is 9.77. The molecule has 2 aromatic rings. The highest BCUT2D eigenvalue weighted by atomic mass is 32.2. The van der Waals surface area contributed by atoms with E-state index < -0.39 is 130 Å². The summed E-state index contributed by atoms with van der Waals surface area (Å²) in [6.45, 7) is 17.7. The summed E-state index contributed by atoms with van der Waals surface area (Å²) in [5.41, 5.74) is 1.72. The number of carbonyl (C=O) groups excluding carboxylic acids is 2. The predicted molar refractivity (Wildman–Crippen MR) is 278 cm³/mol. The van der Waals surface area contributed by atoms with E-state index in [1.165, 1.54) is 50.1 Å². The Labute approximate surface area is 449 Å². The number of primary amides is 1. The molecule has 0 spiro atoms. The molecule has 23 heteroatoms. The number of hydrogen-bond donors (Lipinski definition) is 5. The van der Waals surface area contributed by atoms with Crippen LogP contribution in [0.1, 0.15) is 125 Å². The SMILES string of the molecule is CC[C@H]1OC(=O)[C@H](C)[C@@H](O[C@H]2C[C@@](C)(OC)[C@@H](O)[C@H](C)O2)[C@H](C)[C@@H](O[C@H]2C[C@@H](N(C)CCc3cn([C@H](CF)[C@H](OC)c4ccc(S(=O)(=O)CC(N)=O)cc4)nn3)C[C@@H](C)O2)[C@](C)(O)C[C@@H](C)CN(C)[C@H](C)[C@@H](O)[C@]1(C)O. The van der Waals surface area contributed by atoms with Crippen molar-refractivity contribution in [3.63, 3.8) is 0 Å². The fraction of sp³-hybridized carbons (Fsp3) is 0.811. The summed E-state index contributed by atoms with van der Waals surface area (Å²) in [5, 5.41) is 56.1. The Morgan fingerprint density at radius 2 is 1.64 bits per heavy atom. The smallest absolute Gasteiger partial charge is 0.311 e. The number of ether oxygens (including phenoxy) is 7. The number of hydrogen-bond acceptors (Lipinski definition) is 19. The molecule has 0 radical (unpaired) electrons. The normalized spacial score (nSPS) is 37.7. The van der Waals surface area contributed by atoms with Crippen LogP contribution in [0.25, 0.3) is 0 Å². The average molecular weight is 1100 g/mol. The summed E-state index contributed by atoms with van der Waals surface area (Å²) in [6, 6.07) is 4.04. The molecular weight excluding hydrogens is 1010 g/mol. The number of nitrogens with zero attached hydrogens (tertiary/aromatic N) is 5. The molecule has 1 aromatic heterocycles. The third kappa shape index (κ3) is 15.1. The van der Waals surface area contributed by atoms with Crippen molar-refractivity contribution in [2.45, 2.75) is 209 Å². The summed E-state index contributed by atoms with van der Waals surface area (Å²) in [4.78, 5) is 29.8. The number of benzene rings is 1. The van der Waals surface area contributed by atoms with Crippen molar-refractivity contribution < 1.29 is 76.0 Å². The lowest BCUT2D eigenvalue weighted by molar-refractivity contribution is -0.308. The quantitative estimate of drug-likeness (QED) is 0.134. The van der Waals surface area contributed by atoms with E-state index in [1.807, 2.05) is 39.8 Å². The summed E-state index contributed by atoms with van der Waals surface area (Å²) in [7, 11) is 2.78. The molecule has 0 aliphatic carbocycles. The molecule has 3 aliphatic heterocycles. The number of aromatic nitrogens is 3. The van der Waals surface area contributed by atoms with Gasteiger partial charge in [-0.05, 0) is 105 Å². The minimum Gasteiger partial charge on any atom is -0.459 e. The van der Waals surface area contributed by atoms with Crippen LogP contribution in [-0.2, 0) is 59.0 Å². The first kappa shape index (κ1) is 63.5. The number of nitrogens with two attached hydrogens (primary N) is 1. The molecule has 5 rings (SSSR count). The van der Waals surface area contributed by atoms with Gasteiger partial charge in [0.25, 0.3) is 0 Å². The van der Waals surface area contributed by atoms with Gasteiger partial charge in [-0.1, -0.05) is 38.1 Å². The Hall–Kier alpha value is -3.30. The van der Waals surface area contributed by atoms with Crippen LogP contribution in [0.15, 0.2) is 35.4 Å². The molecule has 21 nitrogen and oxygen atoms in total. The number of cyclic esters (lactones) is 1. The maximum absolute atomic E-state index is 14.8. The molecule has 76 heavy (non-hydrogen) atoms.